The lowest BCUT2D eigenvalue weighted by atomic mass is 9.50. The van der Waals surface area contributed by atoms with Crippen LogP contribution in [-0.2, 0) is 19.1 Å². The molecule has 118 valence electrons. The Kier molecular flexibility index (Phi) is 3.93. The highest BCUT2D eigenvalue weighted by atomic mass is 19.1. The predicted molar refractivity (Wildman–Crippen MR) is 73.1 cm³/mol. The molecular weight excluding hydrogens is 275 g/mol. The molecule has 4 nitrogen and oxygen atoms in total. The van der Waals surface area contributed by atoms with E-state index in [1.54, 1.807) is 0 Å². The van der Waals surface area contributed by atoms with Crippen LogP contribution in [0.5, 0.6) is 0 Å². The molecule has 0 aromatic heterocycles. The fourth-order valence-electron chi connectivity index (χ4n) is 4.99. The number of hydrogen-bond acceptors (Lipinski definition) is 4. The Morgan fingerprint density at radius 1 is 1.10 bits per heavy atom. The first kappa shape index (κ1) is 14.8. The molecule has 1 unspecified atom stereocenters. The van der Waals surface area contributed by atoms with E-state index in [0.29, 0.717) is 6.61 Å². The van der Waals surface area contributed by atoms with Crippen molar-refractivity contribution in [3.05, 3.63) is 0 Å². The van der Waals surface area contributed by atoms with Crippen LogP contribution in [0.3, 0.4) is 0 Å². The molecule has 0 aromatic rings. The quantitative estimate of drug-likeness (QED) is 0.732. The number of carbonyl (C=O) groups is 2. The largest absolute Gasteiger partial charge is 0.463 e. The number of rotatable bonds is 5. The summed E-state index contributed by atoms with van der Waals surface area (Å²) in [5.74, 6) is 0.835. The highest BCUT2D eigenvalue weighted by Crippen LogP contribution is 2.60. The van der Waals surface area contributed by atoms with E-state index in [1.807, 2.05) is 0 Å². The molecule has 4 aliphatic rings. The summed E-state index contributed by atoms with van der Waals surface area (Å²) in [5.41, 5.74) is 0.155. The number of esters is 2. The van der Waals surface area contributed by atoms with Crippen molar-refractivity contribution in [2.75, 3.05) is 13.2 Å². The lowest BCUT2D eigenvalue weighted by molar-refractivity contribution is -0.167. The Morgan fingerprint density at radius 2 is 1.62 bits per heavy atom. The molecule has 4 fully saturated rings. The number of carbonyl (C=O) groups excluding carboxylic acids is 2. The zero-order valence-corrected chi connectivity index (χ0v) is 12.5. The molecule has 0 N–H and O–H groups in total. The third-order valence-corrected chi connectivity index (χ3v) is 5.36. The van der Waals surface area contributed by atoms with Crippen molar-refractivity contribution < 1.29 is 23.5 Å². The highest BCUT2D eigenvalue weighted by molar-refractivity contribution is 5.78. The van der Waals surface area contributed by atoms with Gasteiger partial charge >= 0.3 is 11.9 Å². The first-order valence-electron chi connectivity index (χ1n) is 7.92. The van der Waals surface area contributed by atoms with Crippen LogP contribution in [0.25, 0.3) is 0 Å². The van der Waals surface area contributed by atoms with Crippen molar-refractivity contribution in [2.45, 2.75) is 51.6 Å². The van der Waals surface area contributed by atoms with Crippen molar-refractivity contribution in [2.24, 2.45) is 23.2 Å². The minimum Gasteiger partial charge on any atom is -0.463 e. The molecule has 0 aliphatic heterocycles. The number of ether oxygens (including phenoxy) is 2. The van der Waals surface area contributed by atoms with E-state index in [0.717, 1.165) is 43.9 Å². The second-order valence-corrected chi connectivity index (χ2v) is 7.30. The molecule has 4 saturated carbocycles. The first-order chi connectivity index (χ1) is 9.96. The van der Waals surface area contributed by atoms with Crippen LogP contribution in [0.2, 0.25) is 0 Å². The molecule has 4 rings (SSSR count). The molecule has 0 spiro atoms. The maximum atomic E-state index is 12.6. The van der Waals surface area contributed by atoms with Gasteiger partial charge in [-0.15, -0.1) is 0 Å². The summed E-state index contributed by atoms with van der Waals surface area (Å²) >= 11 is 0. The molecule has 1 atom stereocenters. The van der Waals surface area contributed by atoms with Crippen molar-refractivity contribution in [3.8, 4) is 0 Å². The van der Waals surface area contributed by atoms with Crippen LogP contribution in [0, 0.1) is 23.2 Å². The number of hydrogen-bond donors (Lipinski definition) is 0. The van der Waals surface area contributed by atoms with E-state index in [1.165, 1.54) is 19.3 Å². The highest BCUT2D eigenvalue weighted by Gasteiger charge is 2.51. The Labute approximate surface area is 124 Å². The Bertz CT molecular complexity index is 397. The fourth-order valence-corrected chi connectivity index (χ4v) is 4.99. The molecule has 0 aromatic carbocycles. The van der Waals surface area contributed by atoms with Gasteiger partial charge in [0.1, 0.15) is 0 Å². The normalized spacial score (nSPS) is 38.1. The third kappa shape index (κ3) is 3.22. The van der Waals surface area contributed by atoms with Gasteiger partial charge in [0.05, 0.1) is 6.61 Å². The lowest BCUT2D eigenvalue weighted by Crippen LogP contribution is -2.48. The minimum atomic E-state index is -1.71. The van der Waals surface area contributed by atoms with Crippen LogP contribution in [0.1, 0.15) is 45.4 Å². The Morgan fingerprint density at radius 3 is 2.10 bits per heavy atom. The average Bonchev–Trinajstić information content (AvgIpc) is 2.41. The standard InChI is InChI=1S/C16H23FO4/c1-10(17)15(19)20-8-14(18)21-9-16-5-11-2-12(6-16)4-13(3-11)7-16/h10-13H,2-9H2,1H3. The monoisotopic (exact) mass is 298 g/mol. The van der Waals surface area contributed by atoms with Crippen molar-refractivity contribution in [1.82, 2.24) is 0 Å². The average molecular weight is 298 g/mol. The van der Waals surface area contributed by atoms with Crippen LogP contribution in [0.4, 0.5) is 4.39 Å². The van der Waals surface area contributed by atoms with Crippen LogP contribution >= 0.6 is 0 Å². The second kappa shape index (κ2) is 5.58. The van der Waals surface area contributed by atoms with E-state index in [-0.39, 0.29) is 5.41 Å². The molecular formula is C16H23FO4. The van der Waals surface area contributed by atoms with Crippen molar-refractivity contribution >= 4 is 11.9 Å². The minimum absolute atomic E-state index is 0.155. The zero-order chi connectivity index (χ0) is 15.0. The van der Waals surface area contributed by atoms with E-state index in [4.69, 9.17) is 4.74 Å². The topological polar surface area (TPSA) is 52.6 Å². The second-order valence-electron chi connectivity index (χ2n) is 7.30. The zero-order valence-electron chi connectivity index (χ0n) is 12.5. The predicted octanol–water partition coefficient (Wildman–Crippen LogP) is 2.65. The van der Waals surface area contributed by atoms with E-state index in [2.05, 4.69) is 4.74 Å². The number of alkyl halides is 1. The summed E-state index contributed by atoms with van der Waals surface area (Å²) in [4.78, 5) is 22.6. The summed E-state index contributed by atoms with van der Waals surface area (Å²) in [6, 6.07) is 0. The Balaban J connectivity index is 1.47. The van der Waals surface area contributed by atoms with Gasteiger partial charge in [-0.25, -0.2) is 14.0 Å². The molecule has 21 heavy (non-hydrogen) atoms. The summed E-state index contributed by atoms with van der Waals surface area (Å²) in [6.45, 7) is 1.03. The molecule has 0 radical (unpaired) electrons. The van der Waals surface area contributed by atoms with Gasteiger partial charge in [0, 0.05) is 5.41 Å². The van der Waals surface area contributed by atoms with Crippen molar-refractivity contribution in [1.29, 1.82) is 0 Å². The lowest BCUT2D eigenvalue weighted by Gasteiger charge is -2.56. The van der Waals surface area contributed by atoms with Gasteiger partial charge in [0.15, 0.2) is 12.8 Å². The molecule has 0 amide bonds. The summed E-state index contributed by atoms with van der Waals surface area (Å²) < 4.78 is 22.5. The van der Waals surface area contributed by atoms with Gasteiger partial charge in [-0.05, 0) is 63.2 Å². The molecule has 4 bridgehead atoms. The van der Waals surface area contributed by atoms with Crippen LogP contribution in [-0.4, -0.2) is 31.3 Å². The third-order valence-electron chi connectivity index (χ3n) is 5.36. The van der Waals surface area contributed by atoms with Crippen LogP contribution in [0.15, 0.2) is 0 Å². The van der Waals surface area contributed by atoms with E-state index >= 15 is 0 Å². The van der Waals surface area contributed by atoms with Gasteiger partial charge in [0.2, 0.25) is 0 Å². The Hall–Kier alpha value is -1.13. The maximum absolute atomic E-state index is 12.6. The maximum Gasteiger partial charge on any atom is 0.344 e. The summed E-state index contributed by atoms with van der Waals surface area (Å²) in [5, 5.41) is 0. The molecule has 0 saturated heterocycles. The van der Waals surface area contributed by atoms with Gasteiger partial charge < -0.3 is 9.47 Å². The van der Waals surface area contributed by atoms with Crippen molar-refractivity contribution in [3.63, 3.8) is 0 Å². The molecule has 0 heterocycles. The van der Waals surface area contributed by atoms with Crippen LogP contribution < -0.4 is 0 Å². The summed E-state index contributed by atoms with van der Waals surface area (Å²) in [6.07, 6.45) is 5.81. The van der Waals surface area contributed by atoms with Gasteiger partial charge in [-0.1, -0.05) is 0 Å². The SMILES string of the molecule is CC(F)C(=O)OCC(=O)OCC12CC3CC(CC(C3)C1)C2. The van der Waals surface area contributed by atoms with E-state index in [9.17, 15) is 14.0 Å². The van der Waals surface area contributed by atoms with Gasteiger partial charge in [0.25, 0.3) is 0 Å². The molecule has 4 aliphatic carbocycles. The van der Waals surface area contributed by atoms with Gasteiger partial charge in [-0.3, -0.25) is 0 Å². The number of halogens is 1. The van der Waals surface area contributed by atoms with Gasteiger partial charge in [-0.2, -0.15) is 0 Å². The first-order valence-corrected chi connectivity index (χ1v) is 7.92. The fraction of sp³-hybridized carbons (Fsp3) is 0.875. The van der Waals surface area contributed by atoms with E-state index < -0.39 is 24.7 Å². The summed E-state index contributed by atoms with van der Waals surface area (Å²) in [7, 11) is 0. The smallest absolute Gasteiger partial charge is 0.344 e. The molecule has 5 heteroatoms.